The molecule has 0 radical (unpaired) electrons. The van der Waals surface area contributed by atoms with Crippen molar-refractivity contribution in [2.45, 2.75) is 19.3 Å². The van der Waals surface area contributed by atoms with E-state index in [9.17, 15) is 0 Å². The smallest absolute Gasteiger partial charge is 0.143 e. The average molecular weight is 896 g/mol. The molecular formula is C67H45NO2. The van der Waals surface area contributed by atoms with Crippen molar-refractivity contribution in [3.05, 3.63) is 248 Å². The standard InChI is InChI=1S/C67H45NO2/c1-67(2)60-28-13-11-22-51(60)52-36-35-48(40-61(52)67)68(49-38-45(42-17-5-3-6-18-42)37-46(39-49)43-19-7-4-8-20-43)47-33-31-44(32-34-47)58-41-59-64-54(25-16-30-63(64)70-66(59)55-24-10-9-21-50(55)58)57-27-15-26-56-53-23-12-14-29-62(53)69-65(56)57/h3-41H,1-2H3. The van der Waals surface area contributed by atoms with Gasteiger partial charge in [-0.2, -0.15) is 0 Å². The molecule has 3 nitrogen and oxygen atoms in total. The van der Waals surface area contributed by atoms with E-state index in [0.29, 0.717) is 0 Å². The van der Waals surface area contributed by atoms with Gasteiger partial charge in [-0.1, -0.05) is 190 Å². The minimum Gasteiger partial charge on any atom is -0.455 e. The summed E-state index contributed by atoms with van der Waals surface area (Å²) in [6, 6.07) is 85.7. The van der Waals surface area contributed by atoms with E-state index in [0.717, 1.165) is 105 Å². The Morgan fingerprint density at radius 2 is 0.857 bits per heavy atom. The molecule has 0 saturated heterocycles. The highest BCUT2D eigenvalue weighted by molar-refractivity contribution is 6.23. The summed E-state index contributed by atoms with van der Waals surface area (Å²) >= 11 is 0. The van der Waals surface area contributed by atoms with Crippen LogP contribution in [0.1, 0.15) is 25.0 Å². The summed E-state index contributed by atoms with van der Waals surface area (Å²) in [6.07, 6.45) is 0. The Kier molecular flexibility index (Phi) is 8.93. The van der Waals surface area contributed by atoms with Crippen molar-refractivity contribution in [2.24, 2.45) is 0 Å². The molecule has 11 aromatic carbocycles. The summed E-state index contributed by atoms with van der Waals surface area (Å²) in [7, 11) is 0. The highest BCUT2D eigenvalue weighted by atomic mass is 16.3. The molecule has 0 atom stereocenters. The second kappa shape index (κ2) is 15.6. The minimum atomic E-state index is -0.159. The monoisotopic (exact) mass is 895 g/mol. The van der Waals surface area contributed by atoms with Crippen molar-refractivity contribution in [3.63, 3.8) is 0 Å². The van der Waals surface area contributed by atoms with E-state index in [-0.39, 0.29) is 5.41 Å². The van der Waals surface area contributed by atoms with Gasteiger partial charge in [0.15, 0.2) is 0 Å². The number of benzene rings is 11. The first-order chi connectivity index (χ1) is 34.5. The SMILES string of the molecule is CC1(C)c2ccccc2-c2ccc(N(c3ccc(-c4cc5c(oc6cccc(-c7cccc8c7oc7ccccc78)c65)c5ccccc45)cc3)c3cc(-c4ccccc4)cc(-c4ccccc4)c3)cc21. The van der Waals surface area contributed by atoms with Gasteiger partial charge in [-0.25, -0.2) is 0 Å². The Hall–Kier alpha value is -8.92. The van der Waals surface area contributed by atoms with Crippen LogP contribution in [0.15, 0.2) is 245 Å². The lowest BCUT2D eigenvalue weighted by atomic mass is 9.82. The quantitative estimate of drug-likeness (QED) is 0.160. The largest absolute Gasteiger partial charge is 0.455 e. The maximum atomic E-state index is 6.85. The molecular weight excluding hydrogens is 851 g/mol. The number of fused-ring (bicyclic) bond motifs is 11. The molecule has 2 heterocycles. The zero-order chi connectivity index (χ0) is 46.5. The van der Waals surface area contributed by atoms with Crippen LogP contribution in [-0.2, 0) is 5.41 Å². The number of rotatable bonds is 7. The van der Waals surface area contributed by atoms with Crippen molar-refractivity contribution in [1.29, 1.82) is 0 Å². The fourth-order valence-corrected chi connectivity index (χ4v) is 11.5. The average Bonchev–Trinajstić information content (AvgIpc) is 4.07. The van der Waals surface area contributed by atoms with Gasteiger partial charge in [0.2, 0.25) is 0 Å². The van der Waals surface area contributed by atoms with Gasteiger partial charge in [-0.05, 0) is 127 Å². The predicted octanol–water partition coefficient (Wildman–Crippen LogP) is 19.1. The fourth-order valence-electron chi connectivity index (χ4n) is 11.5. The molecule has 70 heavy (non-hydrogen) atoms. The van der Waals surface area contributed by atoms with Gasteiger partial charge >= 0.3 is 0 Å². The molecule has 3 heteroatoms. The number of furan rings is 2. The maximum absolute atomic E-state index is 6.85. The zero-order valence-electron chi connectivity index (χ0n) is 38.8. The van der Waals surface area contributed by atoms with Crippen molar-refractivity contribution < 1.29 is 8.83 Å². The van der Waals surface area contributed by atoms with Crippen LogP contribution in [-0.4, -0.2) is 0 Å². The Morgan fingerprint density at radius 1 is 0.300 bits per heavy atom. The summed E-state index contributed by atoms with van der Waals surface area (Å²) < 4.78 is 13.5. The molecule has 13 aromatic rings. The Balaban J connectivity index is 0.958. The van der Waals surface area contributed by atoms with E-state index in [1.54, 1.807) is 0 Å². The lowest BCUT2D eigenvalue weighted by molar-refractivity contribution is 0.660. The molecule has 0 N–H and O–H groups in total. The number of nitrogens with zero attached hydrogens (tertiary/aromatic N) is 1. The van der Waals surface area contributed by atoms with Crippen molar-refractivity contribution in [3.8, 4) is 55.6 Å². The Morgan fingerprint density at radius 3 is 1.63 bits per heavy atom. The van der Waals surface area contributed by atoms with Gasteiger partial charge in [0.1, 0.15) is 22.3 Å². The summed E-state index contributed by atoms with van der Waals surface area (Å²) in [6.45, 7) is 4.72. The van der Waals surface area contributed by atoms with E-state index < -0.39 is 0 Å². The topological polar surface area (TPSA) is 29.5 Å². The van der Waals surface area contributed by atoms with Gasteiger partial charge in [0, 0.05) is 55.0 Å². The Labute approximate surface area is 406 Å². The molecule has 0 unspecified atom stereocenters. The summed E-state index contributed by atoms with van der Waals surface area (Å²) in [5.74, 6) is 0. The van der Waals surface area contributed by atoms with Crippen LogP contribution in [0.4, 0.5) is 17.1 Å². The van der Waals surface area contributed by atoms with Crippen LogP contribution in [0.5, 0.6) is 0 Å². The first-order valence-corrected chi connectivity index (χ1v) is 24.1. The van der Waals surface area contributed by atoms with Crippen LogP contribution in [0.2, 0.25) is 0 Å². The molecule has 0 saturated carbocycles. The minimum absolute atomic E-state index is 0.159. The summed E-state index contributed by atoms with van der Waals surface area (Å²) in [4.78, 5) is 2.44. The van der Waals surface area contributed by atoms with Crippen LogP contribution in [0.25, 0.3) is 110 Å². The van der Waals surface area contributed by atoms with Crippen LogP contribution >= 0.6 is 0 Å². The van der Waals surface area contributed by atoms with E-state index in [1.165, 1.54) is 33.4 Å². The first kappa shape index (κ1) is 40.2. The molecule has 2 aromatic heterocycles. The molecule has 0 bridgehead atoms. The summed E-state index contributed by atoms with van der Waals surface area (Å²) in [5.41, 5.74) is 21.0. The zero-order valence-corrected chi connectivity index (χ0v) is 38.8. The number of hydrogen-bond donors (Lipinski definition) is 0. The van der Waals surface area contributed by atoms with E-state index >= 15 is 0 Å². The third kappa shape index (κ3) is 6.21. The molecule has 0 fully saturated rings. The van der Waals surface area contributed by atoms with Crippen LogP contribution in [0, 0.1) is 0 Å². The van der Waals surface area contributed by atoms with Crippen molar-refractivity contribution in [1.82, 2.24) is 0 Å². The molecule has 1 aliphatic carbocycles. The number of para-hydroxylation sites is 2. The molecule has 0 amide bonds. The van der Waals surface area contributed by atoms with E-state index in [4.69, 9.17) is 8.83 Å². The molecule has 14 rings (SSSR count). The van der Waals surface area contributed by atoms with Crippen LogP contribution < -0.4 is 4.90 Å². The molecule has 1 aliphatic rings. The van der Waals surface area contributed by atoms with Crippen molar-refractivity contribution >= 4 is 71.7 Å². The van der Waals surface area contributed by atoms with E-state index in [1.807, 2.05) is 12.1 Å². The fraction of sp³-hybridized carbons (Fsp3) is 0.0448. The lowest BCUT2D eigenvalue weighted by Gasteiger charge is -2.29. The second-order valence-corrected chi connectivity index (χ2v) is 19.2. The number of anilines is 3. The van der Waals surface area contributed by atoms with Crippen molar-refractivity contribution in [2.75, 3.05) is 4.90 Å². The maximum Gasteiger partial charge on any atom is 0.143 e. The van der Waals surface area contributed by atoms with Gasteiger partial charge in [0.25, 0.3) is 0 Å². The summed E-state index contributed by atoms with van der Waals surface area (Å²) in [5, 5.41) is 6.60. The van der Waals surface area contributed by atoms with Gasteiger partial charge in [0.05, 0.1) is 0 Å². The van der Waals surface area contributed by atoms with Crippen LogP contribution in [0.3, 0.4) is 0 Å². The van der Waals surface area contributed by atoms with Gasteiger partial charge in [-0.15, -0.1) is 0 Å². The molecule has 0 aliphatic heterocycles. The normalized spacial score (nSPS) is 12.8. The molecule has 0 spiro atoms. The second-order valence-electron chi connectivity index (χ2n) is 19.2. The van der Waals surface area contributed by atoms with Gasteiger partial charge < -0.3 is 13.7 Å². The third-order valence-corrected chi connectivity index (χ3v) is 14.8. The van der Waals surface area contributed by atoms with E-state index in [2.05, 4.69) is 243 Å². The Bertz CT molecular complexity index is 4140. The number of hydrogen-bond acceptors (Lipinski definition) is 3. The predicted molar refractivity (Wildman–Crippen MR) is 292 cm³/mol. The first-order valence-electron chi connectivity index (χ1n) is 24.1. The third-order valence-electron chi connectivity index (χ3n) is 14.8. The highest BCUT2D eigenvalue weighted by Crippen LogP contribution is 2.52. The highest BCUT2D eigenvalue weighted by Gasteiger charge is 2.36. The van der Waals surface area contributed by atoms with Gasteiger partial charge in [-0.3, -0.25) is 0 Å². The molecule has 330 valence electrons. The lowest BCUT2D eigenvalue weighted by Crippen LogP contribution is -2.16.